The first-order valence-electron chi connectivity index (χ1n) is 9.81. The number of aromatic nitrogens is 2. The number of aryl methyl sites for hydroxylation is 1. The highest BCUT2D eigenvalue weighted by Gasteiger charge is 2.35. The number of pyridine rings is 1. The predicted molar refractivity (Wildman–Crippen MR) is 110 cm³/mol. The van der Waals surface area contributed by atoms with Gasteiger partial charge in [0.2, 0.25) is 5.91 Å². The molecule has 0 radical (unpaired) electrons. The van der Waals surface area contributed by atoms with Crippen LogP contribution in [-0.4, -0.2) is 33.0 Å². The number of rotatable bonds is 3. The molecule has 5 rings (SSSR count). The van der Waals surface area contributed by atoms with Crippen LogP contribution >= 0.6 is 11.6 Å². The zero-order valence-electron chi connectivity index (χ0n) is 15.6. The quantitative estimate of drug-likeness (QED) is 0.681. The summed E-state index contributed by atoms with van der Waals surface area (Å²) in [5.74, 6) is 0.809. The summed E-state index contributed by atoms with van der Waals surface area (Å²) in [5, 5.41) is 1.76. The van der Waals surface area contributed by atoms with E-state index in [9.17, 15) is 9.59 Å². The monoisotopic (exact) mass is 395 g/mol. The van der Waals surface area contributed by atoms with Gasteiger partial charge in [0, 0.05) is 72.4 Å². The number of carbonyl (C=O) groups is 1. The van der Waals surface area contributed by atoms with Crippen LogP contribution in [0.1, 0.15) is 24.5 Å². The summed E-state index contributed by atoms with van der Waals surface area (Å²) in [4.78, 5) is 27.1. The summed E-state index contributed by atoms with van der Waals surface area (Å²) < 4.78 is 4.00. The maximum atomic E-state index is 12.9. The van der Waals surface area contributed by atoms with Crippen molar-refractivity contribution in [2.24, 2.45) is 5.92 Å². The van der Waals surface area contributed by atoms with Gasteiger partial charge < -0.3 is 14.0 Å². The fourth-order valence-electron chi connectivity index (χ4n) is 4.86. The van der Waals surface area contributed by atoms with Gasteiger partial charge in [-0.2, -0.15) is 0 Å². The Morgan fingerprint density at radius 3 is 2.82 bits per heavy atom. The van der Waals surface area contributed by atoms with E-state index < -0.39 is 0 Å². The molecule has 0 N–H and O–H groups in total. The third-order valence-electron chi connectivity index (χ3n) is 6.16. The van der Waals surface area contributed by atoms with Crippen molar-refractivity contribution in [2.75, 3.05) is 13.1 Å². The number of piperidine rings is 1. The summed E-state index contributed by atoms with van der Waals surface area (Å²) in [7, 11) is 0. The zero-order valence-corrected chi connectivity index (χ0v) is 16.3. The van der Waals surface area contributed by atoms with E-state index in [0.717, 1.165) is 41.1 Å². The molecule has 1 amide bonds. The molecule has 1 aromatic carbocycles. The van der Waals surface area contributed by atoms with Crippen LogP contribution in [0, 0.1) is 5.92 Å². The van der Waals surface area contributed by atoms with Gasteiger partial charge in [0.1, 0.15) is 0 Å². The third kappa shape index (κ3) is 2.94. The first-order valence-corrected chi connectivity index (χ1v) is 10.2. The fraction of sp³-hybridized carbons (Fsp3) is 0.364. The van der Waals surface area contributed by atoms with Gasteiger partial charge >= 0.3 is 0 Å². The van der Waals surface area contributed by atoms with E-state index in [4.69, 9.17) is 11.6 Å². The molecule has 5 nitrogen and oxygen atoms in total. The Hall–Kier alpha value is -2.53. The Labute approximate surface area is 168 Å². The number of halogens is 1. The molecule has 3 aromatic rings. The molecule has 6 heteroatoms. The largest absolute Gasteiger partial charge is 0.347 e. The van der Waals surface area contributed by atoms with Gasteiger partial charge in [-0.1, -0.05) is 23.7 Å². The zero-order chi connectivity index (χ0) is 19.3. The number of hydrogen-bond acceptors (Lipinski definition) is 2. The highest BCUT2D eigenvalue weighted by Crippen LogP contribution is 2.35. The molecule has 2 aliphatic heterocycles. The lowest BCUT2D eigenvalue weighted by Gasteiger charge is -2.42. The van der Waals surface area contributed by atoms with Crippen LogP contribution in [0.15, 0.2) is 53.5 Å². The molecule has 144 valence electrons. The second-order valence-corrected chi connectivity index (χ2v) is 8.34. The van der Waals surface area contributed by atoms with E-state index in [-0.39, 0.29) is 17.4 Å². The number of fused-ring (bicyclic) bond motifs is 5. The number of benzene rings is 1. The van der Waals surface area contributed by atoms with Crippen LogP contribution < -0.4 is 5.56 Å². The lowest BCUT2D eigenvalue weighted by atomic mass is 9.83. The highest BCUT2D eigenvalue weighted by atomic mass is 35.5. The minimum Gasteiger partial charge on any atom is -0.347 e. The van der Waals surface area contributed by atoms with Crippen molar-refractivity contribution in [2.45, 2.75) is 31.8 Å². The molecule has 0 saturated carbocycles. The minimum absolute atomic E-state index is 0.0742. The number of likely N-dealkylation sites (tertiary alicyclic amines) is 1. The number of amides is 1. The standard InChI is InChI=1S/C22H22ClN3O2/c23-18-3-1-5-20-17(18)7-9-24(20)10-8-21(27)25-12-15-11-16(14-25)19-4-2-6-22(28)26(19)13-15/h1-7,9,15-16H,8,10-14H2/t15-,16+/m0/s1. The van der Waals surface area contributed by atoms with Crippen molar-refractivity contribution in [1.82, 2.24) is 14.0 Å². The van der Waals surface area contributed by atoms with Gasteiger partial charge in [-0.25, -0.2) is 0 Å². The molecule has 2 bridgehead atoms. The van der Waals surface area contributed by atoms with Crippen LogP contribution in [-0.2, 0) is 17.9 Å². The summed E-state index contributed by atoms with van der Waals surface area (Å²) in [6.07, 6.45) is 3.53. The van der Waals surface area contributed by atoms with Gasteiger partial charge in [0.15, 0.2) is 0 Å². The van der Waals surface area contributed by atoms with E-state index >= 15 is 0 Å². The molecule has 2 atom stereocenters. The molecule has 0 unspecified atom stereocenters. The normalized spacial score (nSPS) is 21.0. The molecule has 0 spiro atoms. The second kappa shape index (κ2) is 6.82. The number of nitrogens with zero attached hydrogens (tertiary/aromatic N) is 3. The van der Waals surface area contributed by atoms with Crippen LogP contribution in [0.4, 0.5) is 0 Å². The van der Waals surface area contributed by atoms with E-state index in [1.807, 2.05) is 52.1 Å². The molecular weight excluding hydrogens is 374 g/mol. The average Bonchev–Trinajstić information content (AvgIpc) is 3.11. The SMILES string of the molecule is O=C(CCn1ccc2c(Cl)cccc21)N1C[C@@H]2C[C@H](C1)c1cccc(=O)n1C2. The Bertz CT molecular complexity index is 1120. The van der Waals surface area contributed by atoms with Crippen LogP contribution in [0.2, 0.25) is 5.02 Å². The Kier molecular flexibility index (Phi) is 4.27. The molecule has 28 heavy (non-hydrogen) atoms. The number of carbonyl (C=O) groups excluding carboxylic acids is 1. The molecule has 1 saturated heterocycles. The molecule has 0 aliphatic carbocycles. The van der Waals surface area contributed by atoms with Crippen LogP contribution in [0.3, 0.4) is 0 Å². The van der Waals surface area contributed by atoms with Gasteiger partial charge in [0.05, 0.1) is 0 Å². The minimum atomic E-state index is 0.0742. The predicted octanol–water partition coefficient (Wildman–Crippen LogP) is 3.49. The molecular formula is C22H22ClN3O2. The molecule has 2 aromatic heterocycles. The lowest BCUT2D eigenvalue weighted by Crippen LogP contribution is -2.49. The Balaban J connectivity index is 1.30. The smallest absolute Gasteiger partial charge is 0.250 e. The molecule has 1 fully saturated rings. The second-order valence-electron chi connectivity index (χ2n) is 7.93. The van der Waals surface area contributed by atoms with Crippen molar-refractivity contribution in [3.63, 3.8) is 0 Å². The van der Waals surface area contributed by atoms with Crippen molar-refractivity contribution in [3.05, 3.63) is 69.7 Å². The lowest BCUT2D eigenvalue weighted by molar-refractivity contribution is -0.134. The summed E-state index contributed by atoms with van der Waals surface area (Å²) in [6, 6.07) is 13.3. The van der Waals surface area contributed by atoms with Gasteiger partial charge in [0.25, 0.3) is 5.56 Å². The van der Waals surface area contributed by atoms with Crippen LogP contribution in [0.5, 0.6) is 0 Å². The third-order valence-corrected chi connectivity index (χ3v) is 6.49. The average molecular weight is 396 g/mol. The number of hydrogen-bond donors (Lipinski definition) is 0. The first kappa shape index (κ1) is 17.6. The fourth-order valence-corrected chi connectivity index (χ4v) is 5.09. The Morgan fingerprint density at radius 1 is 1.07 bits per heavy atom. The van der Waals surface area contributed by atoms with E-state index in [0.29, 0.717) is 25.4 Å². The van der Waals surface area contributed by atoms with Gasteiger partial charge in [-0.05, 0) is 36.6 Å². The maximum absolute atomic E-state index is 12.9. The van der Waals surface area contributed by atoms with E-state index in [1.165, 1.54) is 0 Å². The van der Waals surface area contributed by atoms with Crippen molar-refractivity contribution in [3.8, 4) is 0 Å². The summed E-state index contributed by atoms with van der Waals surface area (Å²) in [6.45, 7) is 2.81. The van der Waals surface area contributed by atoms with Gasteiger partial charge in [-0.3, -0.25) is 9.59 Å². The highest BCUT2D eigenvalue weighted by molar-refractivity contribution is 6.35. The van der Waals surface area contributed by atoms with Crippen molar-refractivity contribution in [1.29, 1.82) is 0 Å². The molecule has 2 aliphatic rings. The van der Waals surface area contributed by atoms with E-state index in [1.54, 1.807) is 6.07 Å². The van der Waals surface area contributed by atoms with Gasteiger partial charge in [-0.15, -0.1) is 0 Å². The summed E-state index contributed by atoms with van der Waals surface area (Å²) >= 11 is 6.25. The topological polar surface area (TPSA) is 47.2 Å². The Morgan fingerprint density at radius 2 is 1.93 bits per heavy atom. The van der Waals surface area contributed by atoms with Crippen molar-refractivity contribution >= 4 is 28.4 Å². The van der Waals surface area contributed by atoms with Crippen LogP contribution in [0.25, 0.3) is 10.9 Å². The first-order chi connectivity index (χ1) is 13.6. The molecule has 4 heterocycles. The summed E-state index contributed by atoms with van der Waals surface area (Å²) in [5.41, 5.74) is 2.21. The maximum Gasteiger partial charge on any atom is 0.250 e. The van der Waals surface area contributed by atoms with Crippen molar-refractivity contribution < 1.29 is 4.79 Å². The van der Waals surface area contributed by atoms with E-state index in [2.05, 4.69) is 4.57 Å².